The molecule has 4 aliphatic carbocycles. The molecular weight excluding hydrogens is 288 g/mol. The van der Waals surface area contributed by atoms with Gasteiger partial charge in [0, 0.05) is 6.42 Å². The number of hydrogen-bond donors (Lipinski definition) is 2. The van der Waals surface area contributed by atoms with Crippen molar-refractivity contribution in [2.75, 3.05) is 7.11 Å². The van der Waals surface area contributed by atoms with E-state index in [2.05, 4.69) is 13.0 Å². The SMILES string of the molecule is COC1=CCC2=C(CC[C@@H]3[C@@H]2CC[C@]2(C)[C@@H](O)[C@](C)(O)C[C@@H]32)C1. The van der Waals surface area contributed by atoms with Crippen molar-refractivity contribution in [1.82, 2.24) is 0 Å². The third-order valence-electron chi connectivity index (χ3n) is 7.60. The number of methoxy groups -OCH3 is 1. The first kappa shape index (κ1) is 15.7. The Balaban J connectivity index is 1.63. The number of hydrogen-bond acceptors (Lipinski definition) is 3. The van der Waals surface area contributed by atoms with Crippen LogP contribution in [0.2, 0.25) is 0 Å². The van der Waals surface area contributed by atoms with Crippen molar-refractivity contribution in [3.05, 3.63) is 23.0 Å². The van der Waals surface area contributed by atoms with Crippen LogP contribution in [0.1, 0.15) is 58.8 Å². The molecule has 3 nitrogen and oxygen atoms in total. The lowest BCUT2D eigenvalue weighted by atomic mass is 9.54. The van der Waals surface area contributed by atoms with Gasteiger partial charge in [-0.1, -0.05) is 18.1 Å². The van der Waals surface area contributed by atoms with Crippen LogP contribution in [0, 0.1) is 23.2 Å². The van der Waals surface area contributed by atoms with Crippen LogP contribution in [-0.4, -0.2) is 29.0 Å². The standard InChI is InChI=1S/C20H30O3/c1-19-9-8-15-14-7-5-13(23-3)10-12(14)4-6-16(15)17(19)11-20(2,22)18(19)21/h5,15-18,21-22H,4,6-11H2,1-3H3/t15-,16-,17+,18-,19+,20-/m1/s1. The molecule has 2 N–H and O–H groups in total. The number of allylic oxidation sites excluding steroid dienone is 3. The third-order valence-corrected chi connectivity index (χ3v) is 7.60. The van der Waals surface area contributed by atoms with Gasteiger partial charge in [0.1, 0.15) is 0 Å². The van der Waals surface area contributed by atoms with Gasteiger partial charge in [0.05, 0.1) is 24.6 Å². The Bertz CT molecular complexity index is 573. The predicted octanol–water partition coefficient (Wildman–Crippen LogP) is 3.57. The second-order valence-electron chi connectivity index (χ2n) is 8.81. The monoisotopic (exact) mass is 318 g/mol. The number of rotatable bonds is 1. The molecule has 4 rings (SSSR count). The summed E-state index contributed by atoms with van der Waals surface area (Å²) in [6, 6.07) is 0. The summed E-state index contributed by atoms with van der Waals surface area (Å²) in [5.41, 5.74) is 2.24. The van der Waals surface area contributed by atoms with Gasteiger partial charge in [0.15, 0.2) is 0 Å². The van der Waals surface area contributed by atoms with Crippen LogP contribution in [-0.2, 0) is 4.74 Å². The maximum Gasteiger partial charge on any atom is 0.0959 e. The van der Waals surface area contributed by atoms with Crippen LogP contribution < -0.4 is 0 Å². The third kappa shape index (κ3) is 2.16. The van der Waals surface area contributed by atoms with Gasteiger partial charge in [-0.25, -0.2) is 0 Å². The molecule has 0 aromatic carbocycles. The molecule has 0 radical (unpaired) electrons. The number of aliphatic hydroxyl groups excluding tert-OH is 1. The van der Waals surface area contributed by atoms with Crippen LogP contribution in [0.5, 0.6) is 0 Å². The lowest BCUT2D eigenvalue weighted by Gasteiger charge is -2.51. The average molecular weight is 318 g/mol. The van der Waals surface area contributed by atoms with Gasteiger partial charge in [-0.3, -0.25) is 0 Å². The minimum absolute atomic E-state index is 0.106. The van der Waals surface area contributed by atoms with Crippen molar-refractivity contribution < 1.29 is 14.9 Å². The predicted molar refractivity (Wildman–Crippen MR) is 89.6 cm³/mol. The molecule has 2 saturated carbocycles. The molecule has 0 amide bonds. The molecule has 2 fully saturated rings. The highest BCUT2D eigenvalue weighted by Crippen LogP contribution is 2.63. The van der Waals surface area contributed by atoms with E-state index in [-0.39, 0.29) is 5.41 Å². The molecule has 128 valence electrons. The van der Waals surface area contributed by atoms with Gasteiger partial charge >= 0.3 is 0 Å². The quantitative estimate of drug-likeness (QED) is 0.727. The van der Waals surface area contributed by atoms with E-state index in [4.69, 9.17) is 4.74 Å². The van der Waals surface area contributed by atoms with Gasteiger partial charge in [0.25, 0.3) is 0 Å². The molecule has 0 unspecified atom stereocenters. The van der Waals surface area contributed by atoms with Gasteiger partial charge in [-0.05, 0) is 74.7 Å². The molecule has 0 saturated heterocycles. The van der Waals surface area contributed by atoms with E-state index in [1.165, 1.54) is 19.3 Å². The molecule has 23 heavy (non-hydrogen) atoms. The maximum atomic E-state index is 10.7. The molecule has 0 bridgehead atoms. The molecule has 0 aromatic heterocycles. The number of aliphatic hydroxyl groups is 2. The highest BCUT2D eigenvalue weighted by molar-refractivity contribution is 5.33. The zero-order chi connectivity index (χ0) is 16.4. The molecule has 6 atom stereocenters. The van der Waals surface area contributed by atoms with Gasteiger partial charge in [-0.2, -0.15) is 0 Å². The Labute approximate surface area is 139 Å². The van der Waals surface area contributed by atoms with Crippen molar-refractivity contribution in [2.24, 2.45) is 23.2 Å². The van der Waals surface area contributed by atoms with E-state index in [1.54, 1.807) is 18.3 Å². The molecule has 0 aliphatic heterocycles. The summed E-state index contributed by atoms with van der Waals surface area (Å²) >= 11 is 0. The van der Waals surface area contributed by atoms with E-state index in [9.17, 15) is 10.2 Å². The van der Waals surface area contributed by atoms with Crippen molar-refractivity contribution in [3.63, 3.8) is 0 Å². The van der Waals surface area contributed by atoms with Gasteiger partial charge in [-0.15, -0.1) is 0 Å². The lowest BCUT2D eigenvalue weighted by Crippen LogP contribution is -2.47. The molecule has 4 aliphatic rings. The van der Waals surface area contributed by atoms with Crippen molar-refractivity contribution in [1.29, 1.82) is 0 Å². The molecule has 3 heteroatoms. The summed E-state index contributed by atoms with van der Waals surface area (Å²) in [4.78, 5) is 0. The van der Waals surface area contributed by atoms with Crippen LogP contribution >= 0.6 is 0 Å². The molecule has 0 spiro atoms. The van der Waals surface area contributed by atoms with Crippen molar-refractivity contribution in [2.45, 2.75) is 70.5 Å². The fourth-order valence-electron chi connectivity index (χ4n) is 6.38. The van der Waals surface area contributed by atoms with E-state index in [0.29, 0.717) is 17.8 Å². The van der Waals surface area contributed by atoms with Crippen molar-refractivity contribution >= 4 is 0 Å². The fourth-order valence-corrected chi connectivity index (χ4v) is 6.38. The first-order valence-corrected chi connectivity index (χ1v) is 9.21. The number of fused-ring (bicyclic) bond motifs is 4. The summed E-state index contributed by atoms with van der Waals surface area (Å²) in [5.74, 6) is 2.87. The second kappa shape index (κ2) is 5.10. The smallest absolute Gasteiger partial charge is 0.0959 e. The minimum Gasteiger partial charge on any atom is -0.501 e. The van der Waals surface area contributed by atoms with Crippen molar-refractivity contribution in [3.8, 4) is 0 Å². The van der Waals surface area contributed by atoms with Crippen LogP contribution in [0.25, 0.3) is 0 Å². The Morgan fingerprint density at radius 1 is 1.26 bits per heavy atom. The fraction of sp³-hybridized carbons (Fsp3) is 0.800. The van der Waals surface area contributed by atoms with E-state index < -0.39 is 11.7 Å². The maximum absolute atomic E-state index is 10.7. The molecular formula is C20H30O3. The Kier molecular flexibility index (Phi) is 3.48. The minimum atomic E-state index is -0.918. The Hall–Kier alpha value is -0.800. The lowest BCUT2D eigenvalue weighted by molar-refractivity contribution is -0.0922. The summed E-state index contributed by atoms with van der Waals surface area (Å²) in [6.07, 6.45) is 9.06. The average Bonchev–Trinajstić information content (AvgIpc) is 2.73. The zero-order valence-corrected chi connectivity index (χ0v) is 14.6. The Morgan fingerprint density at radius 2 is 2.04 bits per heavy atom. The number of ether oxygens (including phenoxy) is 1. The first-order valence-electron chi connectivity index (χ1n) is 9.21. The Morgan fingerprint density at radius 3 is 2.78 bits per heavy atom. The molecule has 0 aromatic rings. The van der Waals surface area contributed by atoms with Gasteiger partial charge in [0.2, 0.25) is 0 Å². The van der Waals surface area contributed by atoms with Crippen LogP contribution in [0.4, 0.5) is 0 Å². The van der Waals surface area contributed by atoms with E-state index in [1.807, 2.05) is 6.92 Å². The summed E-state index contributed by atoms with van der Waals surface area (Å²) in [7, 11) is 1.77. The van der Waals surface area contributed by atoms with E-state index in [0.717, 1.165) is 31.4 Å². The van der Waals surface area contributed by atoms with Gasteiger partial charge < -0.3 is 14.9 Å². The largest absolute Gasteiger partial charge is 0.501 e. The zero-order valence-electron chi connectivity index (χ0n) is 14.6. The van der Waals surface area contributed by atoms with Crippen LogP contribution in [0.15, 0.2) is 23.0 Å². The highest BCUT2D eigenvalue weighted by Gasteiger charge is 2.61. The second-order valence-corrected chi connectivity index (χ2v) is 8.81. The highest BCUT2D eigenvalue weighted by atomic mass is 16.5. The first-order chi connectivity index (χ1) is 10.9. The molecule has 0 heterocycles. The topological polar surface area (TPSA) is 49.7 Å². The summed E-state index contributed by atoms with van der Waals surface area (Å²) < 4.78 is 5.46. The summed E-state index contributed by atoms with van der Waals surface area (Å²) in [5, 5.41) is 21.4. The van der Waals surface area contributed by atoms with Crippen LogP contribution in [0.3, 0.4) is 0 Å². The van der Waals surface area contributed by atoms with E-state index >= 15 is 0 Å². The normalized spacial score (nSPS) is 49.2. The summed E-state index contributed by atoms with van der Waals surface area (Å²) in [6.45, 7) is 4.05.